The Labute approximate surface area is 133 Å². The van der Waals surface area contributed by atoms with Crippen molar-refractivity contribution in [3.8, 4) is 11.3 Å². The molecule has 0 unspecified atom stereocenters. The molecule has 0 aliphatic rings. The van der Waals surface area contributed by atoms with E-state index in [-0.39, 0.29) is 0 Å². The van der Waals surface area contributed by atoms with Crippen LogP contribution in [0.1, 0.15) is 13.8 Å². The zero-order valence-electron chi connectivity index (χ0n) is 13.0. The summed E-state index contributed by atoms with van der Waals surface area (Å²) in [6.45, 7) is 8.00. The topological polar surface area (TPSA) is 83.8 Å². The van der Waals surface area contributed by atoms with Crippen LogP contribution in [0.3, 0.4) is 0 Å². The van der Waals surface area contributed by atoms with Crippen LogP contribution in [0.2, 0.25) is 0 Å². The maximum Gasteiger partial charge on any atom is 0.158 e. The normalized spacial score (nSPS) is 10.3. The van der Waals surface area contributed by atoms with E-state index in [1.165, 1.54) is 0 Å². The number of imidazole rings is 1. The summed E-state index contributed by atoms with van der Waals surface area (Å²) in [5, 5.41) is 9.94. The van der Waals surface area contributed by atoms with Gasteiger partial charge in [-0.25, -0.2) is 9.97 Å². The lowest BCUT2D eigenvalue weighted by Gasteiger charge is -2.00. The average molecular weight is 307 g/mol. The fourth-order valence-electron chi connectivity index (χ4n) is 2.33. The predicted molar refractivity (Wildman–Crippen MR) is 90.2 cm³/mol. The summed E-state index contributed by atoms with van der Waals surface area (Å²) < 4.78 is 1.98. The minimum absolute atomic E-state index is 0.642. The van der Waals surface area contributed by atoms with Gasteiger partial charge in [0.1, 0.15) is 11.3 Å². The van der Waals surface area contributed by atoms with Gasteiger partial charge in [-0.1, -0.05) is 20.4 Å². The number of rotatable bonds is 3. The molecule has 0 aliphatic heterocycles. The second kappa shape index (κ2) is 6.27. The molecule has 0 fully saturated rings. The van der Waals surface area contributed by atoms with Crippen LogP contribution in [0.25, 0.3) is 23.4 Å². The first kappa shape index (κ1) is 14.7. The third-order valence-corrected chi connectivity index (χ3v) is 3.23. The Morgan fingerprint density at radius 1 is 1.17 bits per heavy atom. The lowest BCUT2D eigenvalue weighted by Crippen LogP contribution is -2.09. The summed E-state index contributed by atoms with van der Waals surface area (Å²) in [5.74, 6) is 1.35. The Morgan fingerprint density at radius 2 is 2.04 bits per heavy atom. The first-order valence-corrected chi connectivity index (χ1v) is 7.35. The van der Waals surface area contributed by atoms with E-state index >= 15 is 0 Å². The number of hydrogen-bond acceptors (Lipinski definition) is 5. The van der Waals surface area contributed by atoms with Gasteiger partial charge < -0.3 is 5.32 Å². The Bertz CT molecular complexity index is 926. The number of H-pyrrole nitrogens is 1. The molecule has 116 valence electrons. The number of aromatic amines is 1. The fourth-order valence-corrected chi connectivity index (χ4v) is 2.33. The third-order valence-electron chi connectivity index (χ3n) is 3.23. The van der Waals surface area contributed by atoms with Crippen LogP contribution in [-0.4, -0.2) is 29.5 Å². The lowest BCUT2D eigenvalue weighted by atomic mass is 10.3. The highest BCUT2D eigenvalue weighted by molar-refractivity contribution is 5.78. The molecule has 0 spiro atoms. The maximum absolute atomic E-state index is 4.46. The summed E-state index contributed by atoms with van der Waals surface area (Å²) >= 11 is 0. The number of fused-ring (bicyclic) bond motifs is 1. The highest BCUT2D eigenvalue weighted by atomic mass is 15.1. The molecule has 0 aliphatic carbocycles. The number of nitrogens with one attached hydrogen (secondary N) is 2. The minimum atomic E-state index is 0.642. The van der Waals surface area contributed by atoms with E-state index in [9.17, 15) is 0 Å². The molecule has 4 heterocycles. The van der Waals surface area contributed by atoms with Crippen molar-refractivity contribution in [3.63, 3.8) is 0 Å². The lowest BCUT2D eigenvalue weighted by molar-refractivity contribution is 1.09. The van der Waals surface area contributed by atoms with Gasteiger partial charge in [-0.3, -0.25) is 14.5 Å². The van der Waals surface area contributed by atoms with Crippen LogP contribution in [-0.2, 0) is 0 Å². The van der Waals surface area contributed by atoms with Gasteiger partial charge in [0, 0.05) is 24.2 Å². The van der Waals surface area contributed by atoms with Gasteiger partial charge in [-0.15, -0.1) is 0 Å². The third kappa shape index (κ3) is 2.64. The summed E-state index contributed by atoms with van der Waals surface area (Å²) in [4.78, 5) is 12.7. The van der Waals surface area contributed by atoms with Crippen LogP contribution in [0.5, 0.6) is 0 Å². The monoisotopic (exact) mass is 307 g/mol. The highest BCUT2D eigenvalue weighted by Crippen LogP contribution is 2.24. The first-order valence-electron chi connectivity index (χ1n) is 7.35. The van der Waals surface area contributed by atoms with E-state index in [4.69, 9.17) is 0 Å². The number of anilines is 2. The molecule has 4 aromatic rings. The molecule has 0 saturated carbocycles. The van der Waals surface area contributed by atoms with Gasteiger partial charge in [-0.05, 0) is 12.1 Å². The Morgan fingerprint density at radius 3 is 2.74 bits per heavy atom. The van der Waals surface area contributed by atoms with Gasteiger partial charge in [0.2, 0.25) is 0 Å². The standard InChI is InChI=1S/C14H11N7.C2H6/c1-9-19-14(20-13-8-15-4-5-16-13)12-3-2-11(21(9)12)10-6-17-18-7-10;1-2/h2-8H,1H2,(H,17,18)(H,16,19,20);1-2H3. The molecule has 0 atom stereocenters. The largest absolute Gasteiger partial charge is 0.322 e. The number of hydrogen-bond donors (Lipinski definition) is 2. The van der Waals surface area contributed by atoms with Gasteiger partial charge in [-0.2, -0.15) is 5.10 Å². The number of aromatic nitrogens is 6. The Balaban J connectivity index is 0.000000753. The van der Waals surface area contributed by atoms with Crippen LogP contribution in [0.15, 0.2) is 43.1 Å². The molecule has 0 saturated heterocycles. The molecule has 4 rings (SSSR count). The van der Waals surface area contributed by atoms with Crippen molar-refractivity contribution in [2.75, 3.05) is 5.32 Å². The van der Waals surface area contributed by atoms with Crippen molar-refractivity contribution in [2.45, 2.75) is 13.8 Å². The van der Waals surface area contributed by atoms with Crippen molar-refractivity contribution in [2.24, 2.45) is 0 Å². The molecule has 7 nitrogen and oxygen atoms in total. The van der Waals surface area contributed by atoms with Crippen LogP contribution in [0, 0.1) is 0 Å². The Hall–Kier alpha value is -3.22. The fraction of sp³-hybridized carbons (Fsp3) is 0.125. The summed E-state index contributed by atoms with van der Waals surface area (Å²) in [5.41, 5.74) is 3.56. The van der Waals surface area contributed by atoms with Crippen molar-refractivity contribution in [1.82, 2.24) is 29.5 Å². The molecular formula is C16H17N7. The van der Waals surface area contributed by atoms with Crippen molar-refractivity contribution >= 4 is 23.7 Å². The zero-order valence-corrected chi connectivity index (χ0v) is 13.0. The Kier molecular flexibility index (Phi) is 4.01. The smallest absolute Gasteiger partial charge is 0.158 e. The maximum atomic E-state index is 4.46. The van der Waals surface area contributed by atoms with E-state index in [0.29, 0.717) is 17.1 Å². The summed E-state index contributed by atoms with van der Waals surface area (Å²) in [6.07, 6.45) is 8.50. The average Bonchev–Trinajstić information content (AvgIpc) is 3.30. The van der Waals surface area contributed by atoms with E-state index < -0.39 is 0 Å². The molecule has 2 N–H and O–H groups in total. The van der Waals surface area contributed by atoms with Gasteiger partial charge in [0.25, 0.3) is 0 Å². The molecule has 0 radical (unpaired) electrons. The predicted octanol–water partition coefficient (Wildman–Crippen LogP) is 2.41. The van der Waals surface area contributed by atoms with E-state index in [0.717, 1.165) is 16.8 Å². The molecule has 0 bridgehead atoms. The first-order chi connectivity index (χ1) is 11.3. The van der Waals surface area contributed by atoms with Crippen LogP contribution in [0.4, 0.5) is 11.6 Å². The summed E-state index contributed by atoms with van der Waals surface area (Å²) in [6, 6.07) is 4.00. The zero-order chi connectivity index (χ0) is 16.2. The molecule has 4 aromatic heterocycles. The minimum Gasteiger partial charge on any atom is -0.322 e. The molecule has 7 heteroatoms. The van der Waals surface area contributed by atoms with Crippen LogP contribution >= 0.6 is 0 Å². The molecule has 0 amide bonds. The van der Waals surface area contributed by atoms with E-state index in [2.05, 4.69) is 37.0 Å². The van der Waals surface area contributed by atoms with E-state index in [1.54, 1.807) is 24.8 Å². The van der Waals surface area contributed by atoms with Crippen molar-refractivity contribution < 1.29 is 0 Å². The summed E-state index contributed by atoms with van der Waals surface area (Å²) in [7, 11) is 0. The van der Waals surface area contributed by atoms with E-state index in [1.807, 2.05) is 36.6 Å². The highest BCUT2D eigenvalue weighted by Gasteiger charge is 2.13. The van der Waals surface area contributed by atoms with Crippen LogP contribution < -0.4 is 10.8 Å². The van der Waals surface area contributed by atoms with Crippen molar-refractivity contribution in [1.29, 1.82) is 0 Å². The van der Waals surface area contributed by atoms with Crippen molar-refractivity contribution in [3.05, 3.63) is 48.6 Å². The molecule has 23 heavy (non-hydrogen) atoms. The SMILES string of the molecule is C=c1nc(Nc2cnccn2)c2ccc(-c3cn[nH]c3)n12.CC. The van der Waals surface area contributed by atoms with Gasteiger partial charge in [0.05, 0.1) is 23.6 Å². The quantitative estimate of drug-likeness (QED) is 0.607. The molecular weight excluding hydrogens is 290 g/mol. The van der Waals surface area contributed by atoms with Gasteiger partial charge in [0.15, 0.2) is 5.82 Å². The van der Waals surface area contributed by atoms with Gasteiger partial charge >= 0.3 is 0 Å². The second-order valence-electron chi connectivity index (χ2n) is 4.52. The molecule has 0 aromatic carbocycles. The second-order valence-corrected chi connectivity index (χ2v) is 4.52. The number of nitrogens with zero attached hydrogens (tertiary/aromatic N) is 5.